The molecule has 0 fully saturated rings. The van der Waals surface area contributed by atoms with Gasteiger partial charge in [0.05, 0.1) is 5.71 Å². The first-order valence-electron chi connectivity index (χ1n) is 7.76. The summed E-state index contributed by atoms with van der Waals surface area (Å²) in [4.78, 5) is 7.88. The molecule has 0 aliphatic carbocycles. The molecule has 1 aromatic heterocycles. The molecule has 0 unspecified atom stereocenters. The molecule has 0 aliphatic rings. The van der Waals surface area contributed by atoms with Gasteiger partial charge in [-0.15, -0.1) is 0 Å². The molecule has 2 aromatic carbocycles. The fourth-order valence-corrected chi connectivity index (χ4v) is 2.53. The van der Waals surface area contributed by atoms with E-state index in [2.05, 4.69) is 9.98 Å². The van der Waals surface area contributed by atoms with E-state index in [9.17, 15) is 19.0 Å². The summed E-state index contributed by atoms with van der Waals surface area (Å²) >= 11 is 0. The Morgan fingerprint density at radius 1 is 1.00 bits per heavy atom. The minimum absolute atomic E-state index is 0.0260. The fourth-order valence-electron chi connectivity index (χ4n) is 2.53. The van der Waals surface area contributed by atoms with E-state index in [1.54, 1.807) is 31.2 Å². The normalized spacial score (nSPS) is 12.5. The molecule has 0 saturated heterocycles. The summed E-state index contributed by atoms with van der Waals surface area (Å²) in [7, 11) is 0. The van der Waals surface area contributed by atoms with Crippen molar-refractivity contribution in [1.82, 2.24) is 4.98 Å². The quantitative estimate of drug-likeness (QED) is 0.661. The van der Waals surface area contributed by atoms with Crippen LogP contribution in [0.25, 0.3) is 10.9 Å². The lowest BCUT2D eigenvalue weighted by atomic mass is 10.1. The Morgan fingerprint density at radius 2 is 1.72 bits per heavy atom. The number of nitrogens with zero attached hydrogens (tertiary/aromatic N) is 2. The first kappa shape index (κ1) is 16.8. The van der Waals surface area contributed by atoms with Crippen molar-refractivity contribution < 1.29 is 19.0 Å². The van der Waals surface area contributed by atoms with Crippen LogP contribution in [0, 0.1) is 0 Å². The van der Waals surface area contributed by atoms with Crippen molar-refractivity contribution >= 4 is 22.3 Å². The molecule has 2 N–H and O–H groups in total. The van der Waals surface area contributed by atoms with E-state index in [4.69, 9.17) is 0 Å². The maximum Gasteiger partial charge on any atom is 0.327 e. The van der Waals surface area contributed by atoms with Gasteiger partial charge in [-0.2, -0.15) is 8.78 Å². The molecule has 1 heterocycles. The molecule has 0 radical (unpaired) electrons. The van der Waals surface area contributed by atoms with E-state index in [1.165, 1.54) is 30.3 Å². The van der Waals surface area contributed by atoms with Crippen LogP contribution in [0.5, 0.6) is 11.5 Å². The lowest BCUT2D eigenvalue weighted by Gasteiger charge is -2.18. The summed E-state index contributed by atoms with van der Waals surface area (Å²) in [5, 5.41) is 20.2. The number of benzene rings is 2. The number of aliphatic imine (C=N–C) groups is 1. The minimum Gasteiger partial charge on any atom is -0.506 e. The fraction of sp³-hybridized carbons (Fsp3) is 0.158. The Morgan fingerprint density at radius 3 is 2.44 bits per heavy atom. The monoisotopic (exact) mass is 342 g/mol. The molecule has 3 aromatic rings. The maximum atomic E-state index is 14.9. The van der Waals surface area contributed by atoms with Crippen LogP contribution in [0.2, 0.25) is 0 Å². The second-order valence-electron chi connectivity index (χ2n) is 5.52. The number of pyridine rings is 1. The van der Waals surface area contributed by atoms with Gasteiger partial charge >= 0.3 is 5.92 Å². The van der Waals surface area contributed by atoms with Crippen molar-refractivity contribution in [2.24, 2.45) is 4.99 Å². The SMILES string of the molecule is CC/C(=N\c1ccccc1O)C(F)(F)c1ccc2cccc(O)c2n1. The Bertz CT molecular complexity index is 955. The molecule has 128 valence electrons. The molecular weight excluding hydrogens is 326 g/mol. The van der Waals surface area contributed by atoms with Crippen LogP contribution < -0.4 is 0 Å². The number of aromatic hydroxyl groups is 2. The number of halogens is 2. The molecule has 3 rings (SSSR count). The number of hydrogen-bond acceptors (Lipinski definition) is 4. The number of fused-ring (bicyclic) bond motifs is 1. The van der Waals surface area contributed by atoms with Crippen LogP contribution in [0.15, 0.2) is 59.6 Å². The lowest BCUT2D eigenvalue weighted by molar-refractivity contribution is 0.0692. The summed E-state index contributed by atoms with van der Waals surface area (Å²) < 4.78 is 29.9. The summed E-state index contributed by atoms with van der Waals surface area (Å²) in [5.74, 6) is -3.77. The smallest absolute Gasteiger partial charge is 0.327 e. The number of aromatic nitrogens is 1. The molecule has 4 nitrogen and oxygen atoms in total. The molecule has 6 heteroatoms. The Hall–Kier alpha value is -3.02. The van der Waals surface area contributed by atoms with E-state index in [0.29, 0.717) is 5.39 Å². The second-order valence-corrected chi connectivity index (χ2v) is 5.52. The van der Waals surface area contributed by atoms with Gasteiger partial charge in [-0.25, -0.2) is 9.98 Å². The van der Waals surface area contributed by atoms with E-state index in [-0.39, 0.29) is 29.1 Å². The Balaban J connectivity index is 2.10. The van der Waals surface area contributed by atoms with Crippen molar-refractivity contribution in [3.63, 3.8) is 0 Å². The highest BCUT2D eigenvalue weighted by Crippen LogP contribution is 2.35. The highest BCUT2D eigenvalue weighted by molar-refractivity contribution is 5.94. The largest absolute Gasteiger partial charge is 0.506 e. The molecule has 0 amide bonds. The second kappa shape index (κ2) is 6.47. The topological polar surface area (TPSA) is 65.7 Å². The van der Waals surface area contributed by atoms with Gasteiger partial charge < -0.3 is 10.2 Å². The van der Waals surface area contributed by atoms with Gasteiger partial charge in [-0.05, 0) is 30.7 Å². The highest BCUT2D eigenvalue weighted by Gasteiger charge is 2.39. The number of alkyl halides is 2. The number of para-hydroxylation sites is 3. The van der Waals surface area contributed by atoms with E-state index >= 15 is 0 Å². The Kier molecular flexibility index (Phi) is 4.35. The van der Waals surface area contributed by atoms with Gasteiger partial charge in [0, 0.05) is 5.39 Å². The first-order valence-corrected chi connectivity index (χ1v) is 7.76. The third kappa shape index (κ3) is 3.15. The summed E-state index contributed by atoms with van der Waals surface area (Å²) in [5.41, 5.74) is -0.742. The Labute approximate surface area is 143 Å². The van der Waals surface area contributed by atoms with E-state index in [1.807, 2.05) is 0 Å². The van der Waals surface area contributed by atoms with E-state index in [0.717, 1.165) is 0 Å². The zero-order valence-electron chi connectivity index (χ0n) is 13.4. The number of phenolic OH excluding ortho intramolecular Hbond substituents is 2. The summed E-state index contributed by atoms with van der Waals surface area (Å²) in [6, 6.07) is 13.4. The van der Waals surface area contributed by atoms with Crippen molar-refractivity contribution in [2.45, 2.75) is 19.3 Å². The minimum atomic E-state index is -3.44. The molecule has 0 bridgehead atoms. The van der Waals surface area contributed by atoms with Crippen molar-refractivity contribution in [3.05, 3.63) is 60.3 Å². The first-order chi connectivity index (χ1) is 11.9. The zero-order valence-corrected chi connectivity index (χ0v) is 13.4. The average molecular weight is 342 g/mol. The van der Waals surface area contributed by atoms with Crippen LogP contribution >= 0.6 is 0 Å². The number of rotatable bonds is 4. The lowest BCUT2D eigenvalue weighted by Crippen LogP contribution is -2.26. The van der Waals surface area contributed by atoms with Gasteiger partial charge in [0.25, 0.3) is 0 Å². The molecular formula is C19H16F2N2O2. The van der Waals surface area contributed by atoms with Crippen LogP contribution in [-0.4, -0.2) is 20.9 Å². The van der Waals surface area contributed by atoms with E-state index < -0.39 is 17.3 Å². The maximum absolute atomic E-state index is 14.9. The van der Waals surface area contributed by atoms with Gasteiger partial charge in [0.2, 0.25) is 0 Å². The standard InChI is InChI=1S/C19H16F2N2O2/c1-2-16(22-13-7-3-4-8-14(13)24)19(20,21)17-11-10-12-6-5-9-15(25)18(12)23-17/h3-11,24-25H,2H2,1H3/b22-16+. The predicted molar refractivity (Wildman–Crippen MR) is 92.8 cm³/mol. The van der Waals surface area contributed by atoms with Crippen LogP contribution in [-0.2, 0) is 5.92 Å². The van der Waals surface area contributed by atoms with Gasteiger partial charge in [-0.3, -0.25) is 0 Å². The summed E-state index contributed by atoms with van der Waals surface area (Å²) in [6.45, 7) is 1.56. The average Bonchev–Trinajstić information content (AvgIpc) is 2.61. The molecule has 0 aliphatic heterocycles. The van der Waals surface area contributed by atoms with Gasteiger partial charge in [0.15, 0.2) is 0 Å². The van der Waals surface area contributed by atoms with Crippen molar-refractivity contribution in [2.75, 3.05) is 0 Å². The predicted octanol–water partition coefficient (Wildman–Crippen LogP) is 4.92. The van der Waals surface area contributed by atoms with Crippen molar-refractivity contribution in [3.8, 4) is 11.5 Å². The third-order valence-corrected chi connectivity index (χ3v) is 3.86. The third-order valence-electron chi connectivity index (χ3n) is 3.86. The van der Waals surface area contributed by atoms with Crippen molar-refractivity contribution in [1.29, 1.82) is 0 Å². The van der Waals surface area contributed by atoms with Gasteiger partial charge in [-0.1, -0.05) is 37.3 Å². The molecule has 25 heavy (non-hydrogen) atoms. The molecule has 0 saturated carbocycles. The summed E-state index contributed by atoms with van der Waals surface area (Å²) in [6.07, 6.45) is -0.0260. The highest BCUT2D eigenvalue weighted by atomic mass is 19.3. The zero-order chi connectivity index (χ0) is 18.0. The van der Waals surface area contributed by atoms with Gasteiger partial charge in [0.1, 0.15) is 28.4 Å². The van der Waals surface area contributed by atoms with Crippen LogP contribution in [0.3, 0.4) is 0 Å². The molecule has 0 spiro atoms. The van der Waals surface area contributed by atoms with Crippen LogP contribution in [0.1, 0.15) is 19.0 Å². The number of phenols is 2. The molecule has 0 atom stereocenters. The number of hydrogen-bond donors (Lipinski definition) is 2. The van der Waals surface area contributed by atoms with Crippen LogP contribution in [0.4, 0.5) is 14.5 Å².